The lowest BCUT2D eigenvalue weighted by molar-refractivity contribution is -0.140. The molecule has 0 saturated carbocycles. The molecule has 1 N–H and O–H groups in total. The Morgan fingerprint density at radius 1 is 1.14 bits per heavy atom. The van der Waals surface area contributed by atoms with Crippen molar-refractivity contribution in [1.82, 2.24) is 9.80 Å². The van der Waals surface area contributed by atoms with E-state index in [1.807, 2.05) is 0 Å². The van der Waals surface area contributed by atoms with Crippen LogP contribution < -0.4 is 5.32 Å². The molecule has 1 fully saturated rings. The van der Waals surface area contributed by atoms with E-state index in [1.54, 1.807) is 15.9 Å². The number of halogens is 1. The van der Waals surface area contributed by atoms with Crippen LogP contribution in [0.15, 0.2) is 24.3 Å². The molecule has 0 aliphatic carbocycles. The van der Waals surface area contributed by atoms with Gasteiger partial charge in [0.15, 0.2) is 0 Å². The predicted molar refractivity (Wildman–Crippen MR) is 78.5 cm³/mol. The van der Waals surface area contributed by atoms with Gasteiger partial charge in [-0.15, -0.1) is 0 Å². The molecule has 1 aliphatic heterocycles. The molecule has 2 rings (SSSR count). The highest BCUT2D eigenvalue weighted by molar-refractivity contribution is 6.03. The van der Waals surface area contributed by atoms with Crippen LogP contribution in [0.2, 0.25) is 0 Å². The number of nitrogens with zero attached hydrogens (tertiary/aromatic N) is 2. The van der Waals surface area contributed by atoms with E-state index in [2.05, 4.69) is 5.32 Å². The zero-order chi connectivity index (χ0) is 16.1. The van der Waals surface area contributed by atoms with E-state index in [0.29, 0.717) is 31.9 Å². The van der Waals surface area contributed by atoms with Crippen LogP contribution in [-0.4, -0.2) is 53.7 Å². The molecular weight excluding hydrogens is 289 g/mol. The smallest absolute Gasteiger partial charge is 0.233 e. The van der Waals surface area contributed by atoms with E-state index in [0.717, 1.165) is 0 Å². The second-order valence-corrected chi connectivity index (χ2v) is 5.12. The van der Waals surface area contributed by atoms with Gasteiger partial charge in [0, 0.05) is 38.8 Å². The first kappa shape index (κ1) is 15.9. The summed E-state index contributed by atoms with van der Waals surface area (Å²) >= 11 is 0. The van der Waals surface area contributed by atoms with E-state index in [1.165, 1.54) is 25.1 Å². The maximum atomic E-state index is 13.0. The van der Waals surface area contributed by atoms with Crippen molar-refractivity contribution in [1.29, 1.82) is 0 Å². The molecule has 0 atom stereocenters. The summed E-state index contributed by atoms with van der Waals surface area (Å²) in [5.74, 6) is -1.25. The van der Waals surface area contributed by atoms with Crippen LogP contribution in [0.3, 0.4) is 0 Å². The fraction of sp³-hybridized carbons (Fsp3) is 0.400. The van der Waals surface area contributed by atoms with E-state index in [-0.39, 0.29) is 18.2 Å². The number of carbonyl (C=O) groups is 3. The number of hydrogen-bond acceptors (Lipinski definition) is 3. The van der Waals surface area contributed by atoms with Crippen LogP contribution in [0, 0.1) is 5.82 Å². The summed E-state index contributed by atoms with van der Waals surface area (Å²) in [5.41, 5.74) is 0.319. The largest absolute Gasteiger partial charge is 0.339 e. The van der Waals surface area contributed by atoms with Crippen LogP contribution in [0.1, 0.15) is 13.3 Å². The van der Waals surface area contributed by atoms with Crippen LogP contribution in [-0.2, 0) is 14.4 Å². The first-order valence-corrected chi connectivity index (χ1v) is 7.04. The lowest BCUT2D eigenvalue weighted by atomic mass is 10.2. The average molecular weight is 307 g/mol. The van der Waals surface area contributed by atoms with E-state index < -0.39 is 11.7 Å². The van der Waals surface area contributed by atoms with Crippen molar-refractivity contribution in [2.45, 2.75) is 13.3 Å². The number of amides is 3. The van der Waals surface area contributed by atoms with E-state index >= 15 is 0 Å². The molecule has 0 radical (unpaired) electrons. The molecule has 0 spiro atoms. The summed E-state index contributed by atoms with van der Waals surface area (Å²) < 4.78 is 13.0. The maximum absolute atomic E-state index is 13.0. The number of anilines is 1. The Hall–Kier alpha value is -2.44. The lowest BCUT2D eigenvalue weighted by Crippen LogP contribution is -2.50. The molecule has 118 valence electrons. The third-order valence-corrected chi connectivity index (χ3v) is 3.50. The van der Waals surface area contributed by atoms with Crippen molar-refractivity contribution < 1.29 is 18.8 Å². The molecule has 22 heavy (non-hydrogen) atoms. The summed E-state index contributed by atoms with van der Waals surface area (Å²) in [4.78, 5) is 38.3. The molecule has 7 heteroatoms. The van der Waals surface area contributed by atoms with Crippen molar-refractivity contribution in [3.05, 3.63) is 30.1 Å². The van der Waals surface area contributed by atoms with Gasteiger partial charge in [-0.25, -0.2) is 4.39 Å². The zero-order valence-electron chi connectivity index (χ0n) is 12.3. The topological polar surface area (TPSA) is 69.7 Å². The van der Waals surface area contributed by atoms with Gasteiger partial charge in [-0.1, -0.05) is 6.07 Å². The molecule has 1 aromatic rings. The lowest BCUT2D eigenvalue weighted by Gasteiger charge is -2.34. The monoisotopic (exact) mass is 307 g/mol. The quantitative estimate of drug-likeness (QED) is 0.842. The van der Waals surface area contributed by atoms with E-state index in [9.17, 15) is 18.8 Å². The first-order chi connectivity index (χ1) is 10.5. The van der Waals surface area contributed by atoms with Gasteiger partial charge in [0.05, 0.1) is 0 Å². The highest BCUT2D eigenvalue weighted by Crippen LogP contribution is 2.10. The van der Waals surface area contributed by atoms with Gasteiger partial charge in [0.2, 0.25) is 17.7 Å². The number of piperazine rings is 1. The summed E-state index contributed by atoms with van der Waals surface area (Å²) in [6, 6.07) is 5.49. The van der Waals surface area contributed by atoms with Gasteiger partial charge < -0.3 is 15.1 Å². The second kappa shape index (κ2) is 7.02. The SMILES string of the molecule is CC(=O)N1CCN(C(=O)CC(=O)Nc2cccc(F)c2)CC1. The predicted octanol–water partition coefficient (Wildman–Crippen LogP) is 0.845. The normalized spacial score (nSPS) is 14.6. The first-order valence-electron chi connectivity index (χ1n) is 7.04. The van der Waals surface area contributed by atoms with E-state index in [4.69, 9.17) is 0 Å². The Morgan fingerprint density at radius 2 is 1.77 bits per heavy atom. The Morgan fingerprint density at radius 3 is 2.36 bits per heavy atom. The fourth-order valence-electron chi connectivity index (χ4n) is 2.29. The summed E-state index contributed by atoms with van der Waals surface area (Å²) in [7, 11) is 0. The minimum atomic E-state index is -0.482. The fourth-order valence-corrected chi connectivity index (χ4v) is 2.29. The minimum Gasteiger partial charge on any atom is -0.339 e. The van der Waals surface area contributed by atoms with Crippen LogP contribution in [0.25, 0.3) is 0 Å². The number of benzene rings is 1. The summed E-state index contributed by atoms with van der Waals surface area (Å²) in [5, 5.41) is 2.49. The standard InChI is InChI=1S/C15H18FN3O3/c1-11(20)18-5-7-19(8-6-18)15(22)10-14(21)17-13-4-2-3-12(16)9-13/h2-4,9H,5-8,10H2,1H3,(H,17,21). The van der Waals surface area contributed by atoms with Crippen molar-refractivity contribution in [3.63, 3.8) is 0 Å². The Kier molecular flexibility index (Phi) is 5.08. The number of nitrogens with one attached hydrogen (secondary N) is 1. The second-order valence-electron chi connectivity index (χ2n) is 5.12. The molecule has 6 nitrogen and oxygen atoms in total. The third kappa shape index (κ3) is 4.28. The van der Waals surface area contributed by atoms with Crippen LogP contribution in [0.5, 0.6) is 0 Å². The molecule has 0 unspecified atom stereocenters. The Labute approximate surface area is 127 Å². The van der Waals surface area contributed by atoms with Gasteiger partial charge in [-0.05, 0) is 18.2 Å². The molecule has 1 aliphatic rings. The number of rotatable bonds is 3. The van der Waals surface area contributed by atoms with Gasteiger partial charge in [-0.2, -0.15) is 0 Å². The van der Waals surface area contributed by atoms with Gasteiger partial charge in [-0.3, -0.25) is 14.4 Å². The molecule has 1 heterocycles. The van der Waals surface area contributed by atoms with Crippen LogP contribution >= 0.6 is 0 Å². The van der Waals surface area contributed by atoms with Gasteiger partial charge >= 0.3 is 0 Å². The van der Waals surface area contributed by atoms with Crippen LogP contribution in [0.4, 0.5) is 10.1 Å². The number of hydrogen-bond donors (Lipinski definition) is 1. The highest BCUT2D eigenvalue weighted by atomic mass is 19.1. The molecule has 1 aromatic carbocycles. The van der Waals surface area contributed by atoms with Crippen molar-refractivity contribution in [2.24, 2.45) is 0 Å². The molecule has 0 aromatic heterocycles. The molecule has 3 amide bonds. The molecular formula is C15H18FN3O3. The Balaban J connectivity index is 1.82. The van der Waals surface area contributed by atoms with Crippen molar-refractivity contribution >= 4 is 23.4 Å². The average Bonchev–Trinajstić information content (AvgIpc) is 2.47. The highest BCUT2D eigenvalue weighted by Gasteiger charge is 2.23. The molecule has 0 bridgehead atoms. The van der Waals surface area contributed by atoms with Gasteiger partial charge in [0.25, 0.3) is 0 Å². The summed E-state index contributed by atoms with van der Waals surface area (Å²) in [6.45, 7) is 3.29. The number of carbonyl (C=O) groups excluding carboxylic acids is 3. The third-order valence-electron chi connectivity index (χ3n) is 3.50. The zero-order valence-corrected chi connectivity index (χ0v) is 12.3. The van der Waals surface area contributed by atoms with Crippen molar-refractivity contribution in [2.75, 3.05) is 31.5 Å². The molecule has 1 saturated heterocycles. The van der Waals surface area contributed by atoms with Crippen molar-refractivity contribution in [3.8, 4) is 0 Å². The summed E-state index contributed by atoms with van der Waals surface area (Å²) in [6.07, 6.45) is -0.295. The van der Waals surface area contributed by atoms with Gasteiger partial charge in [0.1, 0.15) is 12.2 Å². The minimum absolute atomic E-state index is 0.0176. The Bertz CT molecular complexity index is 583. The maximum Gasteiger partial charge on any atom is 0.233 e.